The first-order valence-electron chi connectivity index (χ1n) is 6.73. The summed E-state index contributed by atoms with van der Waals surface area (Å²) in [6, 6.07) is 6.61. The van der Waals surface area contributed by atoms with Crippen LogP contribution in [0.1, 0.15) is 37.1 Å². The van der Waals surface area contributed by atoms with Gasteiger partial charge in [-0.3, -0.25) is 4.90 Å². The van der Waals surface area contributed by atoms with Crippen molar-refractivity contribution in [3.05, 3.63) is 22.4 Å². The smallest absolute Gasteiger partial charge is 0.0410 e. The van der Waals surface area contributed by atoms with E-state index in [0.717, 1.165) is 18.0 Å². The molecule has 2 nitrogen and oxygen atoms in total. The van der Waals surface area contributed by atoms with Gasteiger partial charge in [-0.05, 0) is 50.6 Å². The lowest BCUT2D eigenvalue weighted by Gasteiger charge is -2.30. The Kier molecular flexibility index (Phi) is 3.24. The number of thiophene rings is 1. The lowest BCUT2D eigenvalue weighted by Crippen LogP contribution is -2.34. The highest BCUT2D eigenvalue weighted by Gasteiger charge is 2.39. The van der Waals surface area contributed by atoms with E-state index >= 15 is 0 Å². The summed E-state index contributed by atoms with van der Waals surface area (Å²) >= 11 is 1.88. The van der Waals surface area contributed by atoms with Crippen molar-refractivity contribution in [2.24, 2.45) is 5.92 Å². The number of nitrogens with one attached hydrogen (secondary N) is 1. The summed E-state index contributed by atoms with van der Waals surface area (Å²) in [5, 5.41) is 5.91. The highest BCUT2D eigenvalue weighted by Crippen LogP contribution is 2.35. The first-order chi connectivity index (χ1) is 8.24. The number of hydrogen-bond donors (Lipinski definition) is 1. The predicted octanol–water partition coefficient (Wildman–Crippen LogP) is 2.88. The SMILES string of the molecule is CC(c1cccs1)N(C)CC1CC2CCC1N2. The predicted molar refractivity (Wildman–Crippen MR) is 73.4 cm³/mol. The molecule has 4 atom stereocenters. The molecule has 0 aromatic carbocycles. The van der Waals surface area contributed by atoms with E-state index < -0.39 is 0 Å². The van der Waals surface area contributed by atoms with Gasteiger partial charge in [0.05, 0.1) is 0 Å². The van der Waals surface area contributed by atoms with E-state index in [-0.39, 0.29) is 0 Å². The molecule has 3 rings (SSSR count). The molecule has 0 aliphatic carbocycles. The summed E-state index contributed by atoms with van der Waals surface area (Å²) in [6.07, 6.45) is 4.20. The van der Waals surface area contributed by atoms with Crippen molar-refractivity contribution in [1.82, 2.24) is 10.2 Å². The average Bonchev–Trinajstić information content (AvgIpc) is 3.04. The minimum absolute atomic E-state index is 0.564. The zero-order valence-corrected chi connectivity index (χ0v) is 11.5. The van der Waals surface area contributed by atoms with E-state index in [1.807, 2.05) is 11.3 Å². The van der Waals surface area contributed by atoms with Crippen molar-refractivity contribution in [2.75, 3.05) is 13.6 Å². The Morgan fingerprint density at radius 3 is 3.00 bits per heavy atom. The van der Waals surface area contributed by atoms with Crippen molar-refractivity contribution in [3.63, 3.8) is 0 Å². The Morgan fingerprint density at radius 2 is 2.41 bits per heavy atom. The van der Waals surface area contributed by atoms with Crippen molar-refractivity contribution in [1.29, 1.82) is 0 Å². The third kappa shape index (κ3) is 2.28. The summed E-state index contributed by atoms with van der Waals surface area (Å²) < 4.78 is 0. The van der Waals surface area contributed by atoms with Crippen LogP contribution >= 0.6 is 11.3 Å². The summed E-state index contributed by atoms with van der Waals surface area (Å²) in [4.78, 5) is 4.02. The topological polar surface area (TPSA) is 15.3 Å². The fourth-order valence-corrected chi connectivity index (χ4v) is 4.26. The third-order valence-electron chi connectivity index (χ3n) is 4.57. The molecule has 1 N–H and O–H groups in total. The molecule has 4 unspecified atom stereocenters. The van der Waals surface area contributed by atoms with Gasteiger partial charge in [-0.15, -0.1) is 11.3 Å². The fraction of sp³-hybridized carbons (Fsp3) is 0.714. The average molecular weight is 250 g/mol. The van der Waals surface area contributed by atoms with E-state index in [0.29, 0.717) is 6.04 Å². The Balaban J connectivity index is 1.58. The van der Waals surface area contributed by atoms with Crippen LogP contribution in [0.4, 0.5) is 0 Å². The van der Waals surface area contributed by atoms with Gasteiger partial charge in [-0.25, -0.2) is 0 Å². The van der Waals surface area contributed by atoms with Gasteiger partial charge in [-0.2, -0.15) is 0 Å². The van der Waals surface area contributed by atoms with Crippen molar-refractivity contribution < 1.29 is 0 Å². The van der Waals surface area contributed by atoms with Gasteiger partial charge in [0.15, 0.2) is 0 Å². The molecule has 2 bridgehead atoms. The van der Waals surface area contributed by atoms with Gasteiger partial charge in [0.2, 0.25) is 0 Å². The van der Waals surface area contributed by atoms with Gasteiger partial charge < -0.3 is 5.32 Å². The quantitative estimate of drug-likeness (QED) is 0.884. The maximum atomic E-state index is 3.73. The minimum atomic E-state index is 0.564. The Bertz CT molecular complexity index is 362. The molecule has 2 fully saturated rings. The van der Waals surface area contributed by atoms with Crippen LogP contribution in [-0.4, -0.2) is 30.6 Å². The molecule has 17 heavy (non-hydrogen) atoms. The van der Waals surface area contributed by atoms with Gasteiger partial charge in [0.25, 0.3) is 0 Å². The molecule has 2 aliphatic heterocycles. The maximum absolute atomic E-state index is 3.73. The summed E-state index contributed by atoms with van der Waals surface area (Å²) in [7, 11) is 2.27. The second-order valence-electron chi connectivity index (χ2n) is 5.67. The third-order valence-corrected chi connectivity index (χ3v) is 5.61. The van der Waals surface area contributed by atoms with Crippen molar-refractivity contribution in [2.45, 2.75) is 44.3 Å². The molecular formula is C14H22N2S. The molecule has 0 spiro atoms. The molecule has 0 amide bonds. The van der Waals surface area contributed by atoms with Gasteiger partial charge in [0.1, 0.15) is 0 Å². The Labute approximate surface area is 108 Å². The summed E-state index contributed by atoms with van der Waals surface area (Å²) in [5.74, 6) is 0.876. The first kappa shape index (κ1) is 11.7. The monoisotopic (exact) mass is 250 g/mol. The Hall–Kier alpha value is -0.380. The highest BCUT2D eigenvalue weighted by atomic mass is 32.1. The number of fused-ring (bicyclic) bond motifs is 2. The lowest BCUT2D eigenvalue weighted by molar-refractivity contribution is 0.204. The molecule has 0 saturated carbocycles. The molecule has 1 aromatic rings. The highest BCUT2D eigenvalue weighted by molar-refractivity contribution is 7.10. The zero-order valence-electron chi connectivity index (χ0n) is 10.7. The van der Waals surface area contributed by atoms with Gasteiger partial charge in [0, 0.05) is 29.5 Å². The maximum Gasteiger partial charge on any atom is 0.0410 e. The van der Waals surface area contributed by atoms with Crippen LogP contribution in [0.3, 0.4) is 0 Å². The van der Waals surface area contributed by atoms with Crippen LogP contribution in [0.25, 0.3) is 0 Å². The van der Waals surface area contributed by atoms with Crippen molar-refractivity contribution >= 4 is 11.3 Å². The number of rotatable bonds is 4. The second-order valence-corrected chi connectivity index (χ2v) is 6.65. The molecule has 3 heterocycles. The molecule has 94 valence electrons. The van der Waals surface area contributed by atoms with Crippen LogP contribution in [0.15, 0.2) is 17.5 Å². The van der Waals surface area contributed by atoms with E-state index in [2.05, 4.69) is 41.7 Å². The second kappa shape index (κ2) is 4.71. The summed E-state index contributed by atoms with van der Waals surface area (Å²) in [5.41, 5.74) is 0. The van der Waals surface area contributed by atoms with Crippen LogP contribution in [-0.2, 0) is 0 Å². The van der Waals surface area contributed by atoms with E-state index in [1.165, 1.54) is 30.7 Å². The normalized spacial score (nSPS) is 33.5. The molecular weight excluding hydrogens is 228 g/mol. The van der Waals surface area contributed by atoms with Gasteiger partial charge >= 0.3 is 0 Å². The molecule has 3 heteroatoms. The van der Waals surface area contributed by atoms with E-state index in [4.69, 9.17) is 0 Å². The van der Waals surface area contributed by atoms with E-state index in [9.17, 15) is 0 Å². The zero-order chi connectivity index (χ0) is 11.8. The molecule has 2 aliphatic rings. The van der Waals surface area contributed by atoms with Crippen LogP contribution in [0, 0.1) is 5.92 Å². The molecule has 1 aromatic heterocycles. The fourth-order valence-electron chi connectivity index (χ4n) is 3.41. The lowest BCUT2D eigenvalue weighted by atomic mass is 9.88. The van der Waals surface area contributed by atoms with Crippen LogP contribution in [0.2, 0.25) is 0 Å². The largest absolute Gasteiger partial charge is 0.311 e. The minimum Gasteiger partial charge on any atom is -0.311 e. The standard InChI is InChI=1S/C14H22N2S/c1-10(14-4-3-7-17-14)16(2)9-11-8-12-5-6-13(11)15-12/h3-4,7,10-13,15H,5-6,8-9H2,1-2H3. The number of nitrogens with zero attached hydrogens (tertiary/aromatic N) is 1. The van der Waals surface area contributed by atoms with Gasteiger partial charge in [-0.1, -0.05) is 6.07 Å². The first-order valence-corrected chi connectivity index (χ1v) is 7.61. The summed E-state index contributed by atoms with van der Waals surface area (Å²) in [6.45, 7) is 3.57. The number of hydrogen-bond acceptors (Lipinski definition) is 3. The molecule has 0 radical (unpaired) electrons. The van der Waals surface area contributed by atoms with Crippen LogP contribution in [0.5, 0.6) is 0 Å². The van der Waals surface area contributed by atoms with Crippen molar-refractivity contribution in [3.8, 4) is 0 Å². The molecule has 2 saturated heterocycles. The Morgan fingerprint density at radius 1 is 1.53 bits per heavy atom. The van der Waals surface area contributed by atoms with E-state index in [1.54, 1.807) is 0 Å². The van der Waals surface area contributed by atoms with Crippen LogP contribution < -0.4 is 5.32 Å².